The first-order valence-electron chi connectivity index (χ1n) is 6.62. The monoisotopic (exact) mass is 282 g/mol. The summed E-state index contributed by atoms with van der Waals surface area (Å²) in [7, 11) is -3.10. The van der Waals surface area contributed by atoms with Crippen LogP contribution in [0.15, 0.2) is 29.2 Å². The lowest BCUT2D eigenvalue weighted by Gasteiger charge is -2.37. The molecule has 4 nitrogen and oxygen atoms in total. The Balaban J connectivity index is 2.07. The van der Waals surface area contributed by atoms with E-state index in [2.05, 4.69) is 24.1 Å². The van der Waals surface area contributed by atoms with E-state index in [4.69, 9.17) is 0 Å². The van der Waals surface area contributed by atoms with Crippen LogP contribution in [0.5, 0.6) is 0 Å². The van der Waals surface area contributed by atoms with Crippen LogP contribution in [-0.2, 0) is 16.4 Å². The van der Waals surface area contributed by atoms with Crippen molar-refractivity contribution >= 4 is 9.84 Å². The molecule has 0 spiro atoms. The van der Waals surface area contributed by atoms with Gasteiger partial charge in [-0.2, -0.15) is 0 Å². The summed E-state index contributed by atoms with van der Waals surface area (Å²) in [5.74, 6) is 0. The molecule has 106 valence electrons. The van der Waals surface area contributed by atoms with E-state index in [9.17, 15) is 8.42 Å². The average Bonchev–Trinajstić information content (AvgIpc) is 2.33. The molecule has 1 aliphatic heterocycles. The summed E-state index contributed by atoms with van der Waals surface area (Å²) in [5, 5.41) is 3.46. The molecule has 0 bridgehead atoms. The normalized spacial score (nSPS) is 25.4. The van der Waals surface area contributed by atoms with Crippen LogP contribution in [0.25, 0.3) is 0 Å². The van der Waals surface area contributed by atoms with Crippen molar-refractivity contribution in [2.45, 2.75) is 37.4 Å². The third kappa shape index (κ3) is 3.78. The minimum absolute atomic E-state index is 0.387. The highest BCUT2D eigenvalue weighted by atomic mass is 32.2. The van der Waals surface area contributed by atoms with E-state index >= 15 is 0 Å². The summed E-state index contributed by atoms with van der Waals surface area (Å²) in [5.41, 5.74) is 1.16. The first-order valence-corrected chi connectivity index (χ1v) is 8.52. The summed E-state index contributed by atoms with van der Waals surface area (Å²) in [6, 6.07) is 8.23. The fraction of sp³-hybridized carbons (Fsp3) is 0.571. The molecule has 1 N–H and O–H groups in total. The van der Waals surface area contributed by atoms with Crippen molar-refractivity contribution in [1.82, 2.24) is 10.2 Å². The number of rotatable bonds is 3. The highest BCUT2D eigenvalue weighted by Gasteiger charge is 2.22. The van der Waals surface area contributed by atoms with Crippen molar-refractivity contribution in [2.75, 3.05) is 19.3 Å². The zero-order valence-electron chi connectivity index (χ0n) is 11.8. The van der Waals surface area contributed by atoms with Crippen molar-refractivity contribution in [3.63, 3.8) is 0 Å². The van der Waals surface area contributed by atoms with Gasteiger partial charge in [0.25, 0.3) is 0 Å². The van der Waals surface area contributed by atoms with Gasteiger partial charge in [-0.15, -0.1) is 0 Å². The van der Waals surface area contributed by atoms with Gasteiger partial charge in [-0.25, -0.2) is 8.42 Å². The number of sulfone groups is 1. The lowest BCUT2D eigenvalue weighted by molar-refractivity contribution is 0.139. The maximum Gasteiger partial charge on any atom is 0.175 e. The molecule has 1 aliphatic rings. The van der Waals surface area contributed by atoms with E-state index < -0.39 is 9.84 Å². The number of hydrogen-bond acceptors (Lipinski definition) is 4. The largest absolute Gasteiger partial charge is 0.311 e. The third-order valence-electron chi connectivity index (χ3n) is 3.63. The SMILES string of the molecule is CC1CN(Cc2ccc(S(C)(=O)=O)cc2)C(C)CN1. The van der Waals surface area contributed by atoms with Gasteiger partial charge < -0.3 is 5.32 Å². The van der Waals surface area contributed by atoms with Crippen LogP contribution in [0.3, 0.4) is 0 Å². The van der Waals surface area contributed by atoms with Gasteiger partial charge in [0.1, 0.15) is 0 Å². The predicted octanol–water partition coefficient (Wildman–Crippen LogP) is 1.27. The van der Waals surface area contributed by atoms with E-state index in [0.717, 1.165) is 25.2 Å². The molecule has 2 atom stereocenters. The topological polar surface area (TPSA) is 49.4 Å². The van der Waals surface area contributed by atoms with Crippen LogP contribution in [0.2, 0.25) is 0 Å². The van der Waals surface area contributed by atoms with Crippen molar-refractivity contribution in [3.05, 3.63) is 29.8 Å². The van der Waals surface area contributed by atoms with Crippen molar-refractivity contribution in [2.24, 2.45) is 0 Å². The number of nitrogens with zero attached hydrogens (tertiary/aromatic N) is 1. The molecule has 1 fully saturated rings. The molecule has 19 heavy (non-hydrogen) atoms. The van der Waals surface area contributed by atoms with Gasteiger partial charge in [0.05, 0.1) is 4.90 Å². The second-order valence-electron chi connectivity index (χ2n) is 5.50. The first-order chi connectivity index (χ1) is 8.86. The zero-order valence-corrected chi connectivity index (χ0v) is 12.6. The molecule has 2 rings (SSSR count). The molecule has 1 saturated heterocycles. The van der Waals surface area contributed by atoms with Crippen molar-refractivity contribution in [3.8, 4) is 0 Å². The van der Waals surface area contributed by atoms with Crippen LogP contribution < -0.4 is 5.32 Å². The summed E-state index contributed by atoms with van der Waals surface area (Å²) < 4.78 is 22.8. The molecular weight excluding hydrogens is 260 g/mol. The highest BCUT2D eigenvalue weighted by Crippen LogP contribution is 2.15. The molecule has 5 heteroatoms. The summed E-state index contributed by atoms with van der Waals surface area (Å²) >= 11 is 0. The lowest BCUT2D eigenvalue weighted by Crippen LogP contribution is -2.53. The molecule has 0 radical (unpaired) electrons. The van der Waals surface area contributed by atoms with Gasteiger partial charge in [-0.05, 0) is 31.5 Å². The van der Waals surface area contributed by atoms with Crippen LogP contribution in [0.4, 0.5) is 0 Å². The average molecular weight is 282 g/mol. The molecule has 2 unspecified atom stereocenters. The second kappa shape index (κ2) is 5.61. The Labute approximate surface area is 115 Å². The first kappa shape index (κ1) is 14.5. The molecule has 0 aromatic heterocycles. The fourth-order valence-electron chi connectivity index (χ4n) is 2.39. The Bertz CT molecular complexity index is 525. The van der Waals surface area contributed by atoms with E-state index in [1.807, 2.05) is 12.1 Å². The van der Waals surface area contributed by atoms with Crippen LogP contribution >= 0.6 is 0 Å². The van der Waals surface area contributed by atoms with Gasteiger partial charge >= 0.3 is 0 Å². The Kier molecular flexibility index (Phi) is 4.28. The standard InChI is InChI=1S/C14H22N2O2S/c1-11-9-16(12(2)8-15-11)10-13-4-6-14(7-5-13)19(3,17)18/h4-7,11-12,15H,8-10H2,1-3H3. The summed E-state index contributed by atoms with van der Waals surface area (Å²) in [6.07, 6.45) is 1.24. The minimum atomic E-state index is -3.10. The Morgan fingerprint density at radius 2 is 1.89 bits per heavy atom. The molecule has 0 amide bonds. The Hall–Kier alpha value is -0.910. The van der Waals surface area contributed by atoms with E-state index in [1.54, 1.807) is 12.1 Å². The molecule has 1 aromatic rings. The molecule has 0 aliphatic carbocycles. The van der Waals surface area contributed by atoms with Gasteiger partial charge in [-0.1, -0.05) is 12.1 Å². The molecule has 0 saturated carbocycles. The predicted molar refractivity (Wildman–Crippen MR) is 76.9 cm³/mol. The van der Waals surface area contributed by atoms with Crippen LogP contribution in [-0.4, -0.2) is 44.7 Å². The zero-order chi connectivity index (χ0) is 14.0. The number of piperazine rings is 1. The maximum atomic E-state index is 11.4. The second-order valence-corrected chi connectivity index (χ2v) is 7.52. The Morgan fingerprint density at radius 3 is 2.47 bits per heavy atom. The smallest absolute Gasteiger partial charge is 0.175 e. The van der Waals surface area contributed by atoms with Gasteiger partial charge in [0.15, 0.2) is 9.84 Å². The number of nitrogens with one attached hydrogen (secondary N) is 1. The van der Waals surface area contributed by atoms with Crippen molar-refractivity contribution < 1.29 is 8.42 Å². The summed E-state index contributed by atoms with van der Waals surface area (Å²) in [6.45, 7) is 7.30. The third-order valence-corrected chi connectivity index (χ3v) is 4.76. The van der Waals surface area contributed by atoms with Gasteiger partial charge in [0, 0.05) is 38.0 Å². The molecule has 1 heterocycles. The summed E-state index contributed by atoms with van der Waals surface area (Å²) in [4.78, 5) is 2.81. The van der Waals surface area contributed by atoms with E-state index in [0.29, 0.717) is 17.0 Å². The van der Waals surface area contributed by atoms with Crippen LogP contribution in [0.1, 0.15) is 19.4 Å². The number of hydrogen-bond donors (Lipinski definition) is 1. The fourth-order valence-corrected chi connectivity index (χ4v) is 3.02. The van der Waals surface area contributed by atoms with Gasteiger partial charge in [-0.3, -0.25) is 4.90 Å². The minimum Gasteiger partial charge on any atom is -0.311 e. The van der Waals surface area contributed by atoms with E-state index in [-0.39, 0.29) is 0 Å². The molecular formula is C14H22N2O2S. The van der Waals surface area contributed by atoms with Crippen LogP contribution in [0, 0.1) is 0 Å². The Morgan fingerprint density at radius 1 is 1.26 bits per heavy atom. The number of benzene rings is 1. The quantitative estimate of drug-likeness (QED) is 0.907. The van der Waals surface area contributed by atoms with Crippen molar-refractivity contribution in [1.29, 1.82) is 0 Å². The van der Waals surface area contributed by atoms with Gasteiger partial charge in [0.2, 0.25) is 0 Å². The van der Waals surface area contributed by atoms with E-state index in [1.165, 1.54) is 6.26 Å². The maximum absolute atomic E-state index is 11.4. The molecule has 1 aromatic carbocycles. The highest BCUT2D eigenvalue weighted by molar-refractivity contribution is 7.90. The lowest BCUT2D eigenvalue weighted by atomic mass is 10.1.